The predicted molar refractivity (Wildman–Crippen MR) is 75.1 cm³/mol. The first-order valence-electron chi connectivity index (χ1n) is 6.74. The molecule has 1 aromatic heterocycles. The number of nitrogens with one attached hydrogen (secondary N) is 1. The molecule has 1 aliphatic rings. The number of rotatable bonds is 5. The normalized spacial score (nSPS) is 28.5. The molecule has 2 rings (SSSR count). The molecule has 3 N–H and O–H groups in total. The molecule has 3 nitrogen and oxygen atoms in total. The molecule has 18 heavy (non-hydrogen) atoms. The van der Waals surface area contributed by atoms with Crippen LogP contribution in [0.2, 0.25) is 0 Å². The predicted octanol–water partition coefficient (Wildman–Crippen LogP) is 3.04. The van der Waals surface area contributed by atoms with Crippen molar-refractivity contribution < 1.29 is 4.79 Å². The van der Waals surface area contributed by atoms with Gasteiger partial charge in [0.05, 0.1) is 5.41 Å². The Hall–Kier alpha value is -0.870. The van der Waals surface area contributed by atoms with E-state index < -0.39 is 0 Å². The van der Waals surface area contributed by atoms with Crippen molar-refractivity contribution in [1.29, 1.82) is 0 Å². The van der Waals surface area contributed by atoms with E-state index in [1.807, 2.05) is 17.5 Å². The van der Waals surface area contributed by atoms with E-state index >= 15 is 0 Å². The number of amides is 1. The van der Waals surface area contributed by atoms with Crippen LogP contribution in [0.3, 0.4) is 0 Å². The van der Waals surface area contributed by atoms with Gasteiger partial charge in [-0.25, -0.2) is 0 Å². The van der Waals surface area contributed by atoms with Crippen LogP contribution in [0.5, 0.6) is 0 Å². The molecule has 1 aliphatic carbocycles. The standard InChI is InChI=1S/C14H22N2OS/c1-3-10-7-8-14(10,4-2)13(17)16-12(15)11-6-5-9-18-11/h5-6,9-10,12H,3-4,7-8,15H2,1-2H3,(H,16,17). The second-order valence-corrected chi connectivity index (χ2v) is 6.10. The van der Waals surface area contributed by atoms with Gasteiger partial charge in [0.1, 0.15) is 6.17 Å². The molecule has 0 bridgehead atoms. The molecule has 1 saturated carbocycles. The molecule has 0 radical (unpaired) electrons. The molecule has 3 unspecified atom stereocenters. The average molecular weight is 266 g/mol. The van der Waals surface area contributed by atoms with Gasteiger partial charge in [0.2, 0.25) is 5.91 Å². The second kappa shape index (κ2) is 5.41. The Morgan fingerprint density at radius 3 is 2.89 bits per heavy atom. The Bertz CT molecular complexity index is 398. The van der Waals surface area contributed by atoms with Gasteiger partial charge in [-0.05, 0) is 36.6 Å². The first-order valence-corrected chi connectivity index (χ1v) is 7.62. The molecular formula is C14H22N2OS. The van der Waals surface area contributed by atoms with Crippen molar-refractivity contribution in [3.8, 4) is 0 Å². The fourth-order valence-electron chi connectivity index (χ4n) is 3.04. The topological polar surface area (TPSA) is 55.1 Å². The number of carbonyl (C=O) groups excluding carboxylic acids is 1. The highest BCUT2D eigenvalue weighted by atomic mass is 32.1. The zero-order chi connectivity index (χ0) is 13.2. The number of carbonyl (C=O) groups is 1. The third kappa shape index (κ3) is 2.19. The molecule has 4 heteroatoms. The van der Waals surface area contributed by atoms with Crippen molar-refractivity contribution in [2.75, 3.05) is 0 Å². The lowest BCUT2D eigenvalue weighted by molar-refractivity contribution is -0.143. The van der Waals surface area contributed by atoms with Gasteiger partial charge in [-0.1, -0.05) is 26.3 Å². The third-order valence-corrected chi connectivity index (χ3v) is 5.39. The summed E-state index contributed by atoms with van der Waals surface area (Å²) in [6, 6.07) is 3.92. The van der Waals surface area contributed by atoms with Crippen molar-refractivity contribution in [2.45, 2.75) is 45.7 Å². The summed E-state index contributed by atoms with van der Waals surface area (Å²) in [5.41, 5.74) is 5.87. The summed E-state index contributed by atoms with van der Waals surface area (Å²) in [5, 5.41) is 4.97. The maximum atomic E-state index is 12.5. The zero-order valence-corrected chi connectivity index (χ0v) is 11.9. The van der Waals surface area contributed by atoms with Gasteiger partial charge < -0.3 is 11.1 Å². The van der Waals surface area contributed by atoms with Crippen LogP contribution in [0, 0.1) is 11.3 Å². The van der Waals surface area contributed by atoms with Crippen molar-refractivity contribution in [3.63, 3.8) is 0 Å². The van der Waals surface area contributed by atoms with Crippen LogP contribution in [0.4, 0.5) is 0 Å². The van der Waals surface area contributed by atoms with E-state index in [1.54, 1.807) is 11.3 Å². The van der Waals surface area contributed by atoms with E-state index in [1.165, 1.54) is 6.42 Å². The molecule has 1 amide bonds. The lowest BCUT2D eigenvalue weighted by Gasteiger charge is -2.48. The fourth-order valence-corrected chi connectivity index (χ4v) is 3.72. The van der Waals surface area contributed by atoms with Crippen LogP contribution in [0.25, 0.3) is 0 Å². The maximum Gasteiger partial charge on any atom is 0.227 e. The minimum absolute atomic E-state index is 0.143. The van der Waals surface area contributed by atoms with Crippen LogP contribution >= 0.6 is 11.3 Å². The summed E-state index contributed by atoms with van der Waals surface area (Å²) in [7, 11) is 0. The van der Waals surface area contributed by atoms with Crippen molar-refractivity contribution in [2.24, 2.45) is 17.1 Å². The van der Waals surface area contributed by atoms with Crippen LogP contribution < -0.4 is 11.1 Å². The highest BCUT2D eigenvalue weighted by molar-refractivity contribution is 7.10. The summed E-state index contributed by atoms with van der Waals surface area (Å²) in [4.78, 5) is 13.5. The summed E-state index contributed by atoms with van der Waals surface area (Å²) in [6.07, 6.45) is 3.81. The Labute approximate surface area is 113 Å². The summed E-state index contributed by atoms with van der Waals surface area (Å²) in [6.45, 7) is 4.28. The largest absolute Gasteiger partial charge is 0.336 e. The van der Waals surface area contributed by atoms with Gasteiger partial charge in [-0.3, -0.25) is 4.79 Å². The molecule has 3 atom stereocenters. The van der Waals surface area contributed by atoms with Crippen LogP contribution in [-0.4, -0.2) is 5.91 Å². The minimum Gasteiger partial charge on any atom is -0.336 e. The van der Waals surface area contributed by atoms with Crippen molar-refractivity contribution >= 4 is 17.2 Å². The second-order valence-electron chi connectivity index (χ2n) is 5.12. The Balaban J connectivity index is 2.03. The van der Waals surface area contributed by atoms with Gasteiger partial charge in [0.25, 0.3) is 0 Å². The third-order valence-electron chi connectivity index (χ3n) is 4.43. The number of nitrogens with two attached hydrogens (primary N) is 1. The highest BCUT2D eigenvalue weighted by Gasteiger charge is 2.50. The lowest BCUT2D eigenvalue weighted by Crippen LogP contribution is -2.53. The molecule has 1 fully saturated rings. The molecule has 0 saturated heterocycles. The number of thiophene rings is 1. The van der Waals surface area contributed by atoms with Gasteiger partial charge in [-0.15, -0.1) is 11.3 Å². The molecule has 100 valence electrons. The zero-order valence-electron chi connectivity index (χ0n) is 11.1. The summed E-state index contributed by atoms with van der Waals surface area (Å²) in [5.74, 6) is 0.669. The van der Waals surface area contributed by atoms with Crippen molar-refractivity contribution in [3.05, 3.63) is 22.4 Å². The monoisotopic (exact) mass is 266 g/mol. The quantitative estimate of drug-likeness (QED) is 0.805. The van der Waals surface area contributed by atoms with E-state index in [-0.39, 0.29) is 17.5 Å². The maximum absolute atomic E-state index is 12.5. The Morgan fingerprint density at radius 1 is 1.67 bits per heavy atom. The molecule has 0 spiro atoms. The number of hydrogen-bond acceptors (Lipinski definition) is 3. The molecule has 1 aromatic rings. The van der Waals surface area contributed by atoms with Crippen LogP contribution in [0.15, 0.2) is 17.5 Å². The van der Waals surface area contributed by atoms with Crippen LogP contribution in [-0.2, 0) is 4.79 Å². The smallest absolute Gasteiger partial charge is 0.227 e. The van der Waals surface area contributed by atoms with Crippen LogP contribution in [0.1, 0.15) is 50.6 Å². The Kier molecular flexibility index (Phi) is 4.07. The van der Waals surface area contributed by atoms with E-state index in [4.69, 9.17) is 5.73 Å². The van der Waals surface area contributed by atoms with Crippen molar-refractivity contribution in [1.82, 2.24) is 5.32 Å². The highest BCUT2D eigenvalue weighted by Crippen LogP contribution is 2.51. The van der Waals surface area contributed by atoms with E-state index in [2.05, 4.69) is 19.2 Å². The lowest BCUT2D eigenvalue weighted by atomic mass is 9.57. The molecule has 0 aliphatic heterocycles. The number of hydrogen-bond donors (Lipinski definition) is 2. The Morgan fingerprint density at radius 2 is 2.44 bits per heavy atom. The average Bonchev–Trinajstić information content (AvgIpc) is 2.83. The molecule has 0 aromatic carbocycles. The van der Waals surface area contributed by atoms with E-state index in [0.717, 1.165) is 24.1 Å². The summed E-state index contributed by atoms with van der Waals surface area (Å²) < 4.78 is 0. The summed E-state index contributed by atoms with van der Waals surface area (Å²) >= 11 is 1.58. The first kappa shape index (κ1) is 13.6. The SMILES string of the molecule is CCC1CCC1(CC)C(=O)NC(N)c1cccs1. The van der Waals surface area contributed by atoms with Gasteiger partial charge in [0, 0.05) is 4.88 Å². The van der Waals surface area contributed by atoms with E-state index in [9.17, 15) is 4.79 Å². The van der Waals surface area contributed by atoms with Gasteiger partial charge >= 0.3 is 0 Å². The van der Waals surface area contributed by atoms with Gasteiger partial charge in [0.15, 0.2) is 0 Å². The van der Waals surface area contributed by atoms with Gasteiger partial charge in [-0.2, -0.15) is 0 Å². The van der Waals surface area contributed by atoms with E-state index in [0.29, 0.717) is 5.92 Å². The molecular weight excluding hydrogens is 244 g/mol. The minimum atomic E-state index is -0.362. The first-order chi connectivity index (χ1) is 8.64. The fraction of sp³-hybridized carbons (Fsp3) is 0.643. The molecule has 1 heterocycles.